The van der Waals surface area contributed by atoms with Gasteiger partial charge in [-0.25, -0.2) is 4.39 Å². The molecule has 0 aliphatic rings. The second-order valence-corrected chi connectivity index (χ2v) is 8.46. The van der Waals surface area contributed by atoms with E-state index < -0.39 is 0 Å². The summed E-state index contributed by atoms with van der Waals surface area (Å²) in [5, 5.41) is 13.7. The number of thiophene rings is 1. The van der Waals surface area contributed by atoms with Gasteiger partial charge >= 0.3 is 0 Å². The standard InChI is InChI=1S/C22H19FN4O2S2/c1-29-18-5-2-4-17(12-18)27-14-24-26-22(27)31-13-20(28)25-21(19-6-3-11-30-19)15-7-9-16(23)10-8-15/h2-12,14,21H,13H2,1H3,(H,25,28). The summed E-state index contributed by atoms with van der Waals surface area (Å²) in [6.07, 6.45) is 1.60. The first-order valence-corrected chi connectivity index (χ1v) is 11.3. The molecule has 2 heterocycles. The third kappa shape index (κ3) is 5.12. The van der Waals surface area contributed by atoms with Crippen LogP contribution in [0.3, 0.4) is 0 Å². The number of hydrogen-bond donors (Lipinski definition) is 1. The largest absolute Gasteiger partial charge is 0.497 e. The van der Waals surface area contributed by atoms with Gasteiger partial charge in [0.05, 0.1) is 24.6 Å². The zero-order chi connectivity index (χ0) is 21.6. The number of amides is 1. The average molecular weight is 455 g/mol. The van der Waals surface area contributed by atoms with Crippen molar-refractivity contribution in [2.24, 2.45) is 0 Å². The Morgan fingerprint density at radius 3 is 2.81 bits per heavy atom. The van der Waals surface area contributed by atoms with E-state index in [0.717, 1.165) is 21.9 Å². The van der Waals surface area contributed by atoms with E-state index in [1.54, 1.807) is 30.1 Å². The Morgan fingerprint density at radius 2 is 2.06 bits per heavy atom. The molecule has 0 radical (unpaired) electrons. The van der Waals surface area contributed by atoms with Gasteiger partial charge in [-0.1, -0.05) is 36.0 Å². The first kappa shape index (κ1) is 21.1. The van der Waals surface area contributed by atoms with Gasteiger partial charge in [0.1, 0.15) is 17.9 Å². The number of nitrogens with one attached hydrogen (secondary N) is 1. The minimum Gasteiger partial charge on any atom is -0.497 e. The lowest BCUT2D eigenvalue weighted by Crippen LogP contribution is -2.30. The topological polar surface area (TPSA) is 69.0 Å². The second kappa shape index (κ2) is 9.76. The molecule has 158 valence electrons. The molecule has 0 saturated carbocycles. The van der Waals surface area contributed by atoms with E-state index >= 15 is 0 Å². The number of rotatable bonds is 8. The van der Waals surface area contributed by atoms with Gasteiger partial charge in [0.15, 0.2) is 5.16 Å². The van der Waals surface area contributed by atoms with Crippen molar-refractivity contribution < 1.29 is 13.9 Å². The lowest BCUT2D eigenvalue weighted by Gasteiger charge is -2.18. The van der Waals surface area contributed by atoms with Gasteiger partial charge in [-0.05, 0) is 41.3 Å². The molecule has 1 atom stereocenters. The van der Waals surface area contributed by atoms with Crippen LogP contribution in [0.1, 0.15) is 16.5 Å². The highest BCUT2D eigenvalue weighted by molar-refractivity contribution is 7.99. The van der Waals surface area contributed by atoms with Gasteiger partial charge in [-0.3, -0.25) is 9.36 Å². The summed E-state index contributed by atoms with van der Waals surface area (Å²) in [6.45, 7) is 0. The zero-order valence-corrected chi connectivity index (χ0v) is 18.2. The maximum absolute atomic E-state index is 13.3. The summed E-state index contributed by atoms with van der Waals surface area (Å²) in [6, 6.07) is 17.2. The fourth-order valence-electron chi connectivity index (χ4n) is 3.02. The highest BCUT2D eigenvalue weighted by atomic mass is 32.2. The summed E-state index contributed by atoms with van der Waals surface area (Å²) < 4.78 is 20.4. The molecule has 1 unspecified atom stereocenters. The number of carbonyl (C=O) groups is 1. The van der Waals surface area contributed by atoms with Gasteiger partial charge < -0.3 is 10.1 Å². The van der Waals surface area contributed by atoms with Crippen molar-refractivity contribution in [1.29, 1.82) is 0 Å². The Balaban J connectivity index is 1.46. The molecular weight excluding hydrogens is 435 g/mol. The number of benzene rings is 2. The van der Waals surface area contributed by atoms with E-state index in [1.165, 1.54) is 35.2 Å². The average Bonchev–Trinajstić information content (AvgIpc) is 3.49. The van der Waals surface area contributed by atoms with Crippen molar-refractivity contribution in [2.45, 2.75) is 11.2 Å². The molecule has 4 rings (SSSR count). The Kier molecular flexibility index (Phi) is 6.63. The zero-order valence-electron chi connectivity index (χ0n) is 16.6. The summed E-state index contributed by atoms with van der Waals surface area (Å²) >= 11 is 2.82. The number of nitrogens with zero attached hydrogens (tertiary/aromatic N) is 3. The third-order valence-corrected chi connectivity index (χ3v) is 6.40. The number of aromatic nitrogens is 3. The van der Waals surface area contributed by atoms with Gasteiger partial charge in [-0.15, -0.1) is 21.5 Å². The maximum Gasteiger partial charge on any atom is 0.231 e. The Bertz CT molecular complexity index is 1150. The normalized spacial score (nSPS) is 11.8. The molecule has 2 aromatic carbocycles. The minimum absolute atomic E-state index is 0.158. The van der Waals surface area contributed by atoms with Crippen molar-refractivity contribution in [3.63, 3.8) is 0 Å². The van der Waals surface area contributed by atoms with E-state index in [1.807, 2.05) is 41.8 Å². The van der Waals surface area contributed by atoms with Gasteiger partial charge in [-0.2, -0.15) is 0 Å². The molecule has 6 nitrogen and oxygen atoms in total. The summed E-state index contributed by atoms with van der Waals surface area (Å²) in [7, 11) is 1.61. The van der Waals surface area contributed by atoms with E-state index in [0.29, 0.717) is 5.16 Å². The predicted molar refractivity (Wildman–Crippen MR) is 119 cm³/mol. The Hall–Kier alpha value is -3.17. The van der Waals surface area contributed by atoms with Crippen molar-refractivity contribution in [3.05, 3.63) is 88.6 Å². The van der Waals surface area contributed by atoms with Crippen molar-refractivity contribution in [1.82, 2.24) is 20.1 Å². The fraction of sp³-hybridized carbons (Fsp3) is 0.136. The van der Waals surface area contributed by atoms with Crippen LogP contribution in [0.25, 0.3) is 5.69 Å². The van der Waals surface area contributed by atoms with Crippen LogP contribution in [-0.4, -0.2) is 33.5 Å². The molecule has 0 fully saturated rings. The lowest BCUT2D eigenvalue weighted by molar-refractivity contribution is -0.119. The Labute approximate surface area is 187 Å². The first-order valence-electron chi connectivity index (χ1n) is 9.39. The molecule has 0 bridgehead atoms. The van der Waals surface area contributed by atoms with Crippen molar-refractivity contribution in [2.75, 3.05) is 12.9 Å². The smallest absolute Gasteiger partial charge is 0.231 e. The molecule has 2 aromatic heterocycles. The fourth-order valence-corrected chi connectivity index (χ4v) is 4.57. The third-order valence-electron chi connectivity index (χ3n) is 4.52. The number of ether oxygens (including phenoxy) is 1. The van der Waals surface area contributed by atoms with Gasteiger partial charge in [0, 0.05) is 10.9 Å². The summed E-state index contributed by atoms with van der Waals surface area (Å²) in [5.41, 5.74) is 1.66. The van der Waals surface area contributed by atoms with E-state index in [9.17, 15) is 9.18 Å². The molecule has 31 heavy (non-hydrogen) atoms. The number of carbonyl (C=O) groups excluding carboxylic acids is 1. The predicted octanol–water partition coefficient (Wildman–Crippen LogP) is 4.47. The first-order chi connectivity index (χ1) is 15.1. The Morgan fingerprint density at radius 1 is 1.23 bits per heavy atom. The molecule has 0 spiro atoms. The van der Waals surface area contributed by atoms with Crippen LogP contribution in [0.2, 0.25) is 0 Å². The number of halogens is 1. The van der Waals surface area contributed by atoms with Crippen molar-refractivity contribution in [3.8, 4) is 11.4 Å². The molecule has 9 heteroatoms. The van der Waals surface area contributed by atoms with Gasteiger partial charge in [0.25, 0.3) is 0 Å². The van der Waals surface area contributed by atoms with Crippen LogP contribution >= 0.6 is 23.1 Å². The van der Waals surface area contributed by atoms with E-state index in [2.05, 4.69) is 15.5 Å². The molecule has 4 aromatic rings. The monoisotopic (exact) mass is 454 g/mol. The molecular formula is C22H19FN4O2S2. The van der Waals surface area contributed by atoms with Crippen LogP contribution in [-0.2, 0) is 4.79 Å². The highest BCUT2D eigenvalue weighted by Gasteiger charge is 2.19. The molecule has 0 aliphatic carbocycles. The van der Waals surface area contributed by atoms with Crippen LogP contribution in [0.5, 0.6) is 5.75 Å². The molecule has 0 saturated heterocycles. The highest BCUT2D eigenvalue weighted by Crippen LogP contribution is 2.27. The van der Waals surface area contributed by atoms with E-state index in [4.69, 9.17) is 4.74 Å². The number of methoxy groups -OCH3 is 1. The van der Waals surface area contributed by atoms with Crippen LogP contribution in [0.4, 0.5) is 4.39 Å². The molecule has 1 N–H and O–H groups in total. The quantitative estimate of drug-likeness (QED) is 0.398. The van der Waals surface area contributed by atoms with E-state index in [-0.39, 0.29) is 23.5 Å². The second-order valence-electron chi connectivity index (χ2n) is 6.54. The SMILES string of the molecule is COc1cccc(-n2cnnc2SCC(=O)NC(c2ccc(F)cc2)c2cccs2)c1. The summed E-state index contributed by atoms with van der Waals surface area (Å²) in [4.78, 5) is 13.7. The summed E-state index contributed by atoms with van der Waals surface area (Å²) in [5.74, 6) is 0.407. The van der Waals surface area contributed by atoms with Gasteiger partial charge in [0.2, 0.25) is 5.91 Å². The lowest BCUT2D eigenvalue weighted by atomic mass is 10.1. The van der Waals surface area contributed by atoms with Crippen LogP contribution < -0.4 is 10.1 Å². The molecule has 0 aliphatic heterocycles. The van der Waals surface area contributed by atoms with Crippen LogP contribution in [0, 0.1) is 5.82 Å². The maximum atomic E-state index is 13.3. The number of hydrogen-bond acceptors (Lipinski definition) is 6. The minimum atomic E-state index is -0.343. The molecule has 1 amide bonds. The van der Waals surface area contributed by atoms with Crippen LogP contribution in [0.15, 0.2) is 77.5 Å². The van der Waals surface area contributed by atoms with Crippen molar-refractivity contribution >= 4 is 29.0 Å². The number of thioether (sulfide) groups is 1.